The normalized spacial score (nSPS) is 10.8. The number of carbonyl (C=O) groups is 1. The second kappa shape index (κ2) is 10.7. The molecular formula is C25H22ClFN4O2S. The van der Waals surface area contributed by atoms with Gasteiger partial charge in [-0.25, -0.2) is 4.39 Å². The number of rotatable bonds is 8. The van der Waals surface area contributed by atoms with E-state index in [9.17, 15) is 9.18 Å². The molecule has 0 N–H and O–H groups in total. The molecule has 1 aromatic heterocycles. The van der Waals surface area contributed by atoms with Crippen molar-refractivity contribution in [3.63, 3.8) is 0 Å². The molecule has 0 unspecified atom stereocenters. The molecule has 0 aliphatic carbocycles. The van der Waals surface area contributed by atoms with Crippen LogP contribution in [0.2, 0.25) is 5.02 Å². The Morgan fingerprint density at radius 1 is 1.09 bits per heavy atom. The van der Waals surface area contributed by atoms with Crippen molar-refractivity contribution in [1.29, 1.82) is 0 Å². The largest absolute Gasteiger partial charge is 0.497 e. The summed E-state index contributed by atoms with van der Waals surface area (Å²) >= 11 is 7.57. The number of hydrogen-bond acceptors (Lipinski definition) is 5. The molecule has 1 amide bonds. The molecule has 0 fully saturated rings. The highest BCUT2D eigenvalue weighted by atomic mass is 35.5. The SMILES string of the molecule is COc1cccc(CN(C)C(=O)CSc2nnc(-c3ccccc3Cl)n2-c2ccccc2F)c1. The van der Waals surface area contributed by atoms with E-state index in [1.807, 2.05) is 36.4 Å². The number of para-hydroxylation sites is 1. The summed E-state index contributed by atoms with van der Waals surface area (Å²) in [6, 6.07) is 21.1. The van der Waals surface area contributed by atoms with E-state index in [1.165, 1.54) is 17.8 Å². The summed E-state index contributed by atoms with van der Waals surface area (Å²) in [6.45, 7) is 0.432. The lowest BCUT2D eigenvalue weighted by atomic mass is 10.2. The molecule has 4 aromatic rings. The van der Waals surface area contributed by atoms with E-state index in [1.54, 1.807) is 54.0 Å². The van der Waals surface area contributed by atoms with Gasteiger partial charge >= 0.3 is 0 Å². The molecule has 34 heavy (non-hydrogen) atoms. The fourth-order valence-corrected chi connectivity index (χ4v) is 4.51. The van der Waals surface area contributed by atoms with Crippen LogP contribution in [0.5, 0.6) is 5.75 Å². The minimum absolute atomic E-state index is 0.102. The van der Waals surface area contributed by atoms with Crippen LogP contribution in [0.25, 0.3) is 17.1 Å². The summed E-state index contributed by atoms with van der Waals surface area (Å²) in [6.07, 6.45) is 0. The van der Waals surface area contributed by atoms with Gasteiger partial charge in [0.1, 0.15) is 11.6 Å². The molecule has 0 saturated carbocycles. The predicted molar refractivity (Wildman–Crippen MR) is 132 cm³/mol. The van der Waals surface area contributed by atoms with Gasteiger partial charge in [-0.15, -0.1) is 10.2 Å². The number of ether oxygens (including phenoxy) is 1. The van der Waals surface area contributed by atoms with Crippen molar-refractivity contribution in [2.75, 3.05) is 19.9 Å². The molecule has 0 aliphatic rings. The minimum atomic E-state index is -0.432. The van der Waals surface area contributed by atoms with Crippen LogP contribution < -0.4 is 4.74 Å². The first kappa shape index (κ1) is 23.8. The van der Waals surface area contributed by atoms with Crippen LogP contribution in [0.1, 0.15) is 5.56 Å². The maximum absolute atomic E-state index is 14.8. The van der Waals surface area contributed by atoms with Gasteiger partial charge in [0.15, 0.2) is 11.0 Å². The summed E-state index contributed by atoms with van der Waals surface area (Å²) in [5.41, 5.74) is 1.85. The van der Waals surface area contributed by atoms with E-state index in [4.69, 9.17) is 16.3 Å². The molecule has 0 atom stereocenters. The quantitative estimate of drug-likeness (QED) is 0.302. The first-order valence-electron chi connectivity index (χ1n) is 10.4. The number of benzene rings is 3. The summed E-state index contributed by atoms with van der Waals surface area (Å²) in [4.78, 5) is 14.5. The topological polar surface area (TPSA) is 60.2 Å². The highest BCUT2D eigenvalue weighted by Gasteiger charge is 2.21. The molecule has 0 spiro atoms. The zero-order valence-electron chi connectivity index (χ0n) is 18.6. The number of halogens is 2. The highest BCUT2D eigenvalue weighted by Crippen LogP contribution is 2.32. The predicted octanol–water partition coefficient (Wildman–Crippen LogP) is 5.49. The second-order valence-corrected chi connectivity index (χ2v) is 8.81. The Kier molecular flexibility index (Phi) is 7.49. The lowest BCUT2D eigenvalue weighted by Crippen LogP contribution is -2.27. The van der Waals surface area contributed by atoms with Crippen molar-refractivity contribution in [3.05, 3.63) is 89.2 Å². The van der Waals surface area contributed by atoms with Gasteiger partial charge in [-0.2, -0.15) is 0 Å². The van der Waals surface area contributed by atoms with Gasteiger partial charge in [-0.1, -0.05) is 59.8 Å². The Bertz CT molecular complexity index is 1310. The van der Waals surface area contributed by atoms with E-state index in [-0.39, 0.29) is 17.3 Å². The molecule has 4 rings (SSSR count). The third kappa shape index (κ3) is 5.24. The molecule has 0 radical (unpaired) electrons. The minimum Gasteiger partial charge on any atom is -0.497 e. The van der Waals surface area contributed by atoms with Gasteiger partial charge in [-0.3, -0.25) is 9.36 Å². The third-order valence-electron chi connectivity index (χ3n) is 5.15. The van der Waals surface area contributed by atoms with E-state index in [0.717, 1.165) is 11.3 Å². The number of thioether (sulfide) groups is 1. The molecule has 0 bridgehead atoms. The fourth-order valence-electron chi connectivity index (χ4n) is 3.40. The monoisotopic (exact) mass is 496 g/mol. The zero-order valence-corrected chi connectivity index (χ0v) is 20.2. The summed E-state index contributed by atoms with van der Waals surface area (Å²) in [5.74, 6) is 0.706. The van der Waals surface area contributed by atoms with Crippen LogP contribution in [0.3, 0.4) is 0 Å². The van der Waals surface area contributed by atoms with E-state index >= 15 is 0 Å². The second-order valence-electron chi connectivity index (χ2n) is 7.46. The molecule has 1 heterocycles. The van der Waals surface area contributed by atoms with Crippen LogP contribution in [-0.2, 0) is 11.3 Å². The number of methoxy groups -OCH3 is 1. The molecule has 3 aromatic carbocycles. The Morgan fingerprint density at radius 2 is 1.85 bits per heavy atom. The number of amides is 1. The number of nitrogens with zero attached hydrogens (tertiary/aromatic N) is 4. The molecule has 6 nitrogen and oxygen atoms in total. The smallest absolute Gasteiger partial charge is 0.233 e. The fraction of sp³-hybridized carbons (Fsp3) is 0.160. The molecule has 0 saturated heterocycles. The van der Waals surface area contributed by atoms with Gasteiger partial charge in [0.25, 0.3) is 0 Å². The van der Waals surface area contributed by atoms with E-state index in [0.29, 0.717) is 28.1 Å². The Morgan fingerprint density at radius 3 is 2.62 bits per heavy atom. The maximum Gasteiger partial charge on any atom is 0.233 e. The van der Waals surface area contributed by atoms with E-state index < -0.39 is 5.82 Å². The first-order chi connectivity index (χ1) is 16.5. The number of aromatic nitrogens is 3. The van der Waals surface area contributed by atoms with Crippen molar-refractivity contribution >= 4 is 29.3 Å². The average molecular weight is 497 g/mol. The van der Waals surface area contributed by atoms with E-state index in [2.05, 4.69) is 10.2 Å². The van der Waals surface area contributed by atoms with Crippen LogP contribution in [0.4, 0.5) is 4.39 Å². The van der Waals surface area contributed by atoms with Crippen LogP contribution in [0.15, 0.2) is 78.0 Å². The summed E-state index contributed by atoms with van der Waals surface area (Å²) < 4.78 is 21.6. The van der Waals surface area contributed by atoms with Crippen LogP contribution >= 0.6 is 23.4 Å². The average Bonchev–Trinajstić information content (AvgIpc) is 3.26. The third-order valence-corrected chi connectivity index (χ3v) is 6.39. The zero-order chi connectivity index (χ0) is 24.1. The molecule has 0 aliphatic heterocycles. The van der Waals surface area contributed by atoms with Gasteiger partial charge < -0.3 is 9.64 Å². The van der Waals surface area contributed by atoms with Crippen molar-refractivity contribution in [3.8, 4) is 22.8 Å². The molecular weight excluding hydrogens is 475 g/mol. The lowest BCUT2D eigenvalue weighted by molar-refractivity contribution is -0.127. The number of carbonyl (C=O) groups excluding carboxylic acids is 1. The standard InChI is InChI=1S/C25H22ClFN4O2S/c1-30(15-17-8-7-9-18(14-17)33-2)23(32)16-34-25-29-28-24(19-10-3-4-11-20(19)26)31(25)22-13-6-5-12-21(22)27/h3-14H,15-16H2,1-2H3. The van der Waals surface area contributed by atoms with Crippen molar-refractivity contribution in [1.82, 2.24) is 19.7 Å². The van der Waals surface area contributed by atoms with Crippen molar-refractivity contribution < 1.29 is 13.9 Å². The van der Waals surface area contributed by atoms with Crippen LogP contribution in [-0.4, -0.2) is 45.5 Å². The molecule has 174 valence electrons. The lowest BCUT2D eigenvalue weighted by Gasteiger charge is -2.18. The van der Waals surface area contributed by atoms with Gasteiger partial charge in [0.05, 0.1) is 23.6 Å². The molecule has 9 heteroatoms. The summed E-state index contributed by atoms with van der Waals surface area (Å²) in [7, 11) is 3.34. The Hall–Kier alpha value is -3.36. The summed E-state index contributed by atoms with van der Waals surface area (Å²) in [5, 5.41) is 9.39. The van der Waals surface area contributed by atoms with Gasteiger partial charge in [0.2, 0.25) is 5.91 Å². The van der Waals surface area contributed by atoms with Gasteiger partial charge in [0, 0.05) is 19.2 Å². The first-order valence-corrected chi connectivity index (χ1v) is 11.8. The Balaban J connectivity index is 1.58. The van der Waals surface area contributed by atoms with Crippen molar-refractivity contribution in [2.24, 2.45) is 0 Å². The number of hydrogen-bond donors (Lipinski definition) is 0. The highest BCUT2D eigenvalue weighted by molar-refractivity contribution is 7.99. The van der Waals surface area contributed by atoms with Crippen LogP contribution in [0, 0.1) is 5.82 Å². The maximum atomic E-state index is 14.8. The van der Waals surface area contributed by atoms with Crippen molar-refractivity contribution in [2.45, 2.75) is 11.7 Å². The van der Waals surface area contributed by atoms with Gasteiger partial charge in [-0.05, 0) is 42.0 Å². The Labute approximate surface area is 206 Å².